The third-order valence-corrected chi connectivity index (χ3v) is 5.16. The number of rotatable bonds is 8. The zero-order chi connectivity index (χ0) is 15.8. The van der Waals surface area contributed by atoms with Crippen LogP contribution >= 0.6 is 0 Å². The summed E-state index contributed by atoms with van der Waals surface area (Å²) in [6.45, 7) is 4.47. The number of hydrogen-bond acceptors (Lipinski definition) is 1. The van der Waals surface area contributed by atoms with Crippen LogP contribution in [0, 0.1) is 5.92 Å². The summed E-state index contributed by atoms with van der Waals surface area (Å²) in [6.07, 6.45) is 11.9. The lowest BCUT2D eigenvalue weighted by Crippen LogP contribution is -2.23. The number of hydrogen-bond donors (Lipinski definition) is 0. The molecule has 1 aliphatic carbocycles. The highest BCUT2D eigenvalue weighted by Crippen LogP contribution is 2.35. The molecule has 1 aromatic carbocycles. The van der Waals surface area contributed by atoms with Gasteiger partial charge in [0.1, 0.15) is 5.78 Å². The van der Waals surface area contributed by atoms with E-state index in [0.717, 1.165) is 12.8 Å². The van der Waals surface area contributed by atoms with Gasteiger partial charge < -0.3 is 0 Å². The molecule has 122 valence electrons. The van der Waals surface area contributed by atoms with Crippen LogP contribution in [0.3, 0.4) is 0 Å². The molecule has 0 saturated heterocycles. The molecule has 1 aliphatic rings. The van der Waals surface area contributed by atoms with Crippen molar-refractivity contribution in [3.8, 4) is 0 Å². The minimum Gasteiger partial charge on any atom is -0.299 e. The van der Waals surface area contributed by atoms with E-state index in [2.05, 4.69) is 38.1 Å². The third kappa shape index (κ3) is 4.97. The molecule has 0 heterocycles. The van der Waals surface area contributed by atoms with Gasteiger partial charge in [-0.05, 0) is 42.7 Å². The Bertz CT molecular complexity index is 445. The van der Waals surface area contributed by atoms with Crippen LogP contribution in [0.1, 0.15) is 88.7 Å². The zero-order valence-electron chi connectivity index (χ0n) is 14.4. The molecule has 1 saturated carbocycles. The Balaban J connectivity index is 1.88. The SMILES string of the molecule is CCCCCc1ccc(C2CCC(CCCC)CC2=O)cc1. The number of aryl methyl sites for hydroxylation is 1. The largest absolute Gasteiger partial charge is 0.299 e. The van der Waals surface area contributed by atoms with Crippen LogP contribution in [0.4, 0.5) is 0 Å². The van der Waals surface area contributed by atoms with Gasteiger partial charge in [0, 0.05) is 12.3 Å². The summed E-state index contributed by atoms with van der Waals surface area (Å²) in [4.78, 5) is 12.5. The molecule has 0 amide bonds. The van der Waals surface area contributed by atoms with Gasteiger partial charge in [0.25, 0.3) is 0 Å². The topological polar surface area (TPSA) is 17.1 Å². The maximum atomic E-state index is 12.5. The Morgan fingerprint density at radius 1 is 0.955 bits per heavy atom. The molecule has 0 N–H and O–H groups in total. The van der Waals surface area contributed by atoms with Crippen molar-refractivity contribution >= 4 is 5.78 Å². The van der Waals surface area contributed by atoms with E-state index in [9.17, 15) is 4.79 Å². The molecule has 0 aliphatic heterocycles. The highest BCUT2D eigenvalue weighted by atomic mass is 16.1. The maximum absolute atomic E-state index is 12.5. The summed E-state index contributed by atoms with van der Waals surface area (Å²) in [7, 11) is 0. The highest BCUT2D eigenvalue weighted by molar-refractivity contribution is 5.86. The quantitative estimate of drug-likeness (QED) is 0.533. The first kappa shape index (κ1) is 17.2. The Hall–Kier alpha value is -1.11. The first-order valence-corrected chi connectivity index (χ1v) is 9.36. The zero-order valence-corrected chi connectivity index (χ0v) is 14.4. The lowest BCUT2D eigenvalue weighted by Gasteiger charge is -2.27. The van der Waals surface area contributed by atoms with Crippen LogP contribution < -0.4 is 0 Å². The molecule has 1 fully saturated rings. The molecule has 0 bridgehead atoms. The van der Waals surface area contributed by atoms with Crippen LogP contribution in [0.25, 0.3) is 0 Å². The second-order valence-corrected chi connectivity index (χ2v) is 7.01. The van der Waals surface area contributed by atoms with Gasteiger partial charge in [0.15, 0.2) is 0 Å². The summed E-state index contributed by atoms with van der Waals surface area (Å²) < 4.78 is 0. The van der Waals surface area contributed by atoms with Gasteiger partial charge >= 0.3 is 0 Å². The third-order valence-electron chi connectivity index (χ3n) is 5.16. The van der Waals surface area contributed by atoms with Crippen molar-refractivity contribution in [1.82, 2.24) is 0 Å². The van der Waals surface area contributed by atoms with E-state index < -0.39 is 0 Å². The minimum atomic E-state index is 0.169. The molecule has 1 nitrogen and oxygen atoms in total. The average Bonchev–Trinajstić information content (AvgIpc) is 2.54. The Kier molecular flexibility index (Phi) is 7.15. The highest BCUT2D eigenvalue weighted by Gasteiger charge is 2.29. The van der Waals surface area contributed by atoms with Crippen LogP contribution in [-0.4, -0.2) is 5.78 Å². The lowest BCUT2D eigenvalue weighted by molar-refractivity contribution is -0.123. The second kappa shape index (κ2) is 9.12. The number of Topliss-reactive ketones (excluding diaryl/α,β-unsaturated/α-hetero) is 1. The van der Waals surface area contributed by atoms with Gasteiger partial charge in [-0.2, -0.15) is 0 Å². The summed E-state index contributed by atoms with van der Waals surface area (Å²) in [5, 5.41) is 0. The average molecular weight is 300 g/mol. The van der Waals surface area contributed by atoms with Crippen LogP contribution in [0.5, 0.6) is 0 Å². The number of unbranched alkanes of at least 4 members (excludes halogenated alkanes) is 3. The fraction of sp³-hybridized carbons (Fsp3) is 0.667. The van der Waals surface area contributed by atoms with Gasteiger partial charge in [-0.3, -0.25) is 4.79 Å². The number of ketones is 1. The van der Waals surface area contributed by atoms with Crippen molar-refractivity contribution in [2.24, 2.45) is 5.92 Å². The fourth-order valence-corrected chi connectivity index (χ4v) is 3.68. The van der Waals surface area contributed by atoms with Crippen molar-refractivity contribution in [1.29, 1.82) is 0 Å². The lowest BCUT2D eigenvalue weighted by atomic mass is 9.76. The van der Waals surface area contributed by atoms with Gasteiger partial charge in [-0.15, -0.1) is 0 Å². The van der Waals surface area contributed by atoms with E-state index in [4.69, 9.17) is 0 Å². The van der Waals surface area contributed by atoms with E-state index in [-0.39, 0.29) is 5.92 Å². The molecule has 1 aromatic rings. The van der Waals surface area contributed by atoms with Gasteiger partial charge in [-0.1, -0.05) is 70.2 Å². The molecule has 0 spiro atoms. The molecule has 1 heteroatoms. The first-order chi connectivity index (χ1) is 10.7. The van der Waals surface area contributed by atoms with E-state index in [0.29, 0.717) is 11.7 Å². The number of carbonyl (C=O) groups excluding carboxylic acids is 1. The molecule has 0 aromatic heterocycles. The number of benzene rings is 1. The van der Waals surface area contributed by atoms with Crippen molar-refractivity contribution in [3.05, 3.63) is 35.4 Å². The van der Waals surface area contributed by atoms with Gasteiger partial charge in [0.2, 0.25) is 0 Å². The molecule has 2 atom stereocenters. The van der Waals surface area contributed by atoms with Crippen LogP contribution in [0.2, 0.25) is 0 Å². The van der Waals surface area contributed by atoms with Crippen LogP contribution in [0.15, 0.2) is 24.3 Å². The molecular formula is C21H32O. The standard InChI is InChI=1S/C21H32O/c1-3-5-7-9-17-10-13-19(14-11-17)20-15-12-18(8-6-4-2)16-21(20)22/h10-11,13-14,18,20H,3-9,12,15-16H2,1-2H3. The molecule has 0 radical (unpaired) electrons. The smallest absolute Gasteiger partial charge is 0.140 e. The van der Waals surface area contributed by atoms with E-state index >= 15 is 0 Å². The van der Waals surface area contributed by atoms with Crippen molar-refractivity contribution in [2.45, 2.75) is 84.0 Å². The minimum absolute atomic E-state index is 0.169. The fourth-order valence-electron chi connectivity index (χ4n) is 3.68. The summed E-state index contributed by atoms with van der Waals surface area (Å²) in [6, 6.07) is 8.88. The van der Waals surface area contributed by atoms with Crippen LogP contribution in [-0.2, 0) is 11.2 Å². The van der Waals surface area contributed by atoms with E-state index in [1.165, 1.54) is 62.5 Å². The molecular weight excluding hydrogens is 268 g/mol. The van der Waals surface area contributed by atoms with Gasteiger partial charge in [0.05, 0.1) is 0 Å². The summed E-state index contributed by atoms with van der Waals surface area (Å²) in [5.74, 6) is 1.30. The normalized spacial score (nSPS) is 22.0. The molecule has 2 rings (SSSR count). The Morgan fingerprint density at radius 2 is 1.68 bits per heavy atom. The van der Waals surface area contributed by atoms with E-state index in [1.807, 2.05) is 0 Å². The van der Waals surface area contributed by atoms with Crippen molar-refractivity contribution in [3.63, 3.8) is 0 Å². The number of carbonyl (C=O) groups is 1. The predicted molar refractivity (Wildman–Crippen MR) is 94.3 cm³/mol. The van der Waals surface area contributed by atoms with Crippen molar-refractivity contribution < 1.29 is 4.79 Å². The monoisotopic (exact) mass is 300 g/mol. The first-order valence-electron chi connectivity index (χ1n) is 9.36. The van der Waals surface area contributed by atoms with E-state index in [1.54, 1.807) is 0 Å². The Labute approximate surface area is 136 Å². The summed E-state index contributed by atoms with van der Waals surface area (Å²) >= 11 is 0. The molecule has 22 heavy (non-hydrogen) atoms. The second-order valence-electron chi connectivity index (χ2n) is 7.01. The van der Waals surface area contributed by atoms with Gasteiger partial charge in [-0.25, -0.2) is 0 Å². The Morgan fingerprint density at radius 3 is 2.32 bits per heavy atom. The maximum Gasteiger partial charge on any atom is 0.140 e. The van der Waals surface area contributed by atoms with Crippen molar-refractivity contribution in [2.75, 3.05) is 0 Å². The predicted octanol–water partition coefficient (Wildman–Crippen LogP) is 6.06. The molecule has 2 unspecified atom stereocenters. The summed E-state index contributed by atoms with van der Waals surface area (Å²) in [5.41, 5.74) is 2.67.